The first-order valence-electron chi connectivity index (χ1n) is 6.32. The van der Waals surface area contributed by atoms with Crippen LogP contribution in [0.2, 0.25) is 0 Å². The molecule has 0 heterocycles. The SMILES string of the molecule is Cc1ccccc1CC(=O)c1cc([N+](=O)[O-])ccc1C. The van der Waals surface area contributed by atoms with Gasteiger partial charge in [-0.05, 0) is 30.5 Å². The van der Waals surface area contributed by atoms with E-state index >= 15 is 0 Å². The zero-order chi connectivity index (χ0) is 14.7. The first-order chi connectivity index (χ1) is 9.49. The first kappa shape index (κ1) is 13.9. The molecule has 2 rings (SSSR count). The Labute approximate surface area is 117 Å². The lowest BCUT2D eigenvalue weighted by atomic mass is 9.96. The minimum absolute atomic E-state index is 0.0521. The van der Waals surface area contributed by atoms with E-state index in [-0.39, 0.29) is 17.9 Å². The fourth-order valence-corrected chi connectivity index (χ4v) is 2.10. The molecule has 0 fully saturated rings. The van der Waals surface area contributed by atoms with E-state index in [0.717, 1.165) is 16.7 Å². The molecule has 102 valence electrons. The zero-order valence-electron chi connectivity index (χ0n) is 11.4. The highest BCUT2D eigenvalue weighted by Crippen LogP contribution is 2.20. The van der Waals surface area contributed by atoms with Crippen molar-refractivity contribution in [2.24, 2.45) is 0 Å². The van der Waals surface area contributed by atoms with Crippen molar-refractivity contribution in [3.05, 3.63) is 74.8 Å². The van der Waals surface area contributed by atoms with Gasteiger partial charge in [-0.15, -0.1) is 0 Å². The molecule has 0 aliphatic heterocycles. The summed E-state index contributed by atoms with van der Waals surface area (Å²) < 4.78 is 0. The molecule has 20 heavy (non-hydrogen) atoms. The van der Waals surface area contributed by atoms with Crippen LogP contribution in [0.25, 0.3) is 0 Å². The number of hydrogen-bond donors (Lipinski definition) is 0. The molecule has 0 aromatic heterocycles. The van der Waals surface area contributed by atoms with Gasteiger partial charge in [0.05, 0.1) is 4.92 Å². The normalized spacial score (nSPS) is 10.3. The number of carbonyl (C=O) groups excluding carboxylic acids is 1. The maximum Gasteiger partial charge on any atom is 0.270 e. The van der Waals surface area contributed by atoms with E-state index in [2.05, 4.69) is 0 Å². The zero-order valence-corrected chi connectivity index (χ0v) is 11.4. The summed E-state index contributed by atoms with van der Waals surface area (Å²) >= 11 is 0. The van der Waals surface area contributed by atoms with Crippen LogP contribution < -0.4 is 0 Å². The fraction of sp³-hybridized carbons (Fsp3) is 0.188. The van der Waals surface area contributed by atoms with Gasteiger partial charge in [0, 0.05) is 24.1 Å². The Balaban J connectivity index is 2.32. The summed E-state index contributed by atoms with van der Waals surface area (Å²) in [6.45, 7) is 3.73. The third-order valence-electron chi connectivity index (χ3n) is 3.34. The molecule has 0 N–H and O–H groups in total. The third kappa shape index (κ3) is 2.91. The number of rotatable bonds is 4. The van der Waals surface area contributed by atoms with Crippen LogP contribution in [0.5, 0.6) is 0 Å². The van der Waals surface area contributed by atoms with Crippen LogP contribution in [0.3, 0.4) is 0 Å². The summed E-state index contributed by atoms with van der Waals surface area (Å²) in [6.07, 6.45) is 0.259. The summed E-state index contributed by atoms with van der Waals surface area (Å²) in [5.74, 6) is -0.0968. The van der Waals surface area contributed by atoms with Crippen molar-refractivity contribution < 1.29 is 9.72 Å². The molecule has 0 amide bonds. The van der Waals surface area contributed by atoms with Crippen molar-refractivity contribution in [2.75, 3.05) is 0 Å². The Kier molecular flexibility index (Phi) is 3.94. The monoisotopic (exact) mass is 269 g/mol. The molecule has 0 aliphatic carbocycles. The predicted molar refractivity (Wildman–Crippen MR) is 77.0 cm³/mol. The number of hydrogen-bond acceptors (Lipinski definition) is 3. The molecule has 4 nitrogen and oxygen atoms in total. The van der Waals surface area contributed by atoms with Crippen LogP contribution in [-0.4, -0.2) is 10.7 Å². The number of aryl methyl sites for hydroxylation is 2. The number of nitrogens with zero attached hydrogens (tertiary/aromatic N) is 1. The van der Waals surface area contributed by atoms with Crippen LogP contribution in [0, 0.1) is 24.0 Å². The van der Waals surface area contributed by atoms with Gasteiger partial charge in [0.2, 0.25) is 0 Å². The van der Waals surface area contributed by atoms with E-state index in [1.807, 2.05) is 31.2 Å². The molecule has 0 saturated heterocycles. The lowest BCUT2D eigenvalue weighted by molar-refractivity contribution is -0.384. The van der Waals surface area contributed by atoms with Gasteiger partial charge < -0.3 is 0 Å². The number of ketones is 1. The molecule has 0 spiro atoms. The van der Waals surface area contributed by atoms with Crippen LogP contribution in [-0.2, 0) is 6.42 Å². The number of carbonyl (C=O) groups is 1. The van der Waals surface area contributed by atoms with Crippen molar-refractivity contribution in [3.63, 3.8) is 0 Å². The molecular weight excluding hydrogens is 254 g/mol. The topological polar surface area (TPSA) is 60.2 Å². The first-order valence-corrected chi connectivity index (χ1v) is 6.32. The molecule has 4 heteroatoms. The van der Waals surface area contributed by atoms with Gasteiger partial charge in [0.15, 0.2) is 5.78 Å². The standard InChI is InChI=1S/C16H15NO3/c1-11-5-3-4-6-13(11)9-16(18)15-10-14(17(19)20)8-7-12(15)2/h3-8,10H,9H2,1-2H3. The number of Topliss-reactive ketones (excluding diaryl/α,β-unsaturated/α-hetero) is 1. The maximum absolute atomic E-state index is 12.3. The van der Waals surface area contributed by atoms with Crippen molar-refractivity contribution in [1.29, 1.82) is 0 Å². The summed E-state index contributed by atoms with van der Waals surface area (Å²) in [7, 11) is 0. The van der Waals surface area contributed by atoms with Crippen molar-refractivity contribution >= 4 is 11.5 Å². The number of non-ortho nitro benzene ring substituents is 1. The Hall–Kier alpha value is -2.49. The molecule has 0 saturated carbocycles. The minimum Gasteiger partial charge on any atom is -0.294 e. The largest absolute Gasteiger partial charge is 0.294 e. The molecule has 0 atom stereocenters. The van der Waals surface area contributed by atoms with Crippen LogP contribution >= 0.6 is 0 Å². The summed E-state index contributed by atoms with van der Waals surface area (Å²) in [5, 5.41) is 10.8. The van der Waals surface area contributed by atoms with Crippen molar-refractivity contribution in [1.82, 2.24) is 0 Å². The number of nitro benzene ring substituents is 1. The van der Waals surface area contributed by atoms with E-state index in [1.165, 1.54) is 12.1 Å². The minimum atomic E-state index is -0.482. The Morgan fingerprint density at radius 1 is 1.10 bits per heavy atom. The second-order valence-electron chi connectivity index (χ2n) is 4.78. The van der Waals surface area contributed by atoms with Crippen molar-refractivity contribution in [3.8, 4) is 0 Å². The highest BCUT2D eigenvalue weighted by Gasteiger charge is 2.15. The van der Waals surface area contributed by atoms with Crippen molar-refractivity contribution in [2.45, 2.75) is 20.3 Å². The predicted octanol–water partition coefficient (Wildman–Crippen LogP) is 3.64. The van der Waals surface area contributed by atoms with E-state index in [1.54, 1.807) is 13.0 Å². The summed E-state index contributed by atoms with van der Waals surface area (Å²) in [6, 6.07) is 12.0. The van der Waals surface area contributed by atoms with Crippen LogP contribution in [0.1, 0.15) is 27.0 Å². The van der Waals surface area contributed by atoms with Gasteiger partial charge in [0.1, 0.15) is 0 Å². The smallest absolute Gasteiger partial charge is 0.270 e. The van der Waals surface area contributed by atoms with E-state index in [0.29, 0.717) is 5.56 Å². The van der Waals surface area contributed by atoms with E-state index in [9.17, 15) is 14.9 Å². The second-order valence-corrected chi connectivity index (χ2v) is 4.78. The molecule has 0 bridgehead atoms. The molecular formula is C16H15NO3. The summed E-state index contributed by atoms with van der Waals surface area (Å²) in [4.78, 5) is 22.7. The second kappa shape index (κ2) is 5.65. The third-order valence-corrected chi connectivity index (χ3v) is 3.34. The van der Waals surface area contributed by atoms with Gasteiger partial charge in [-0.3, -0.25) is 14.9 Å². The quantitative estimate of drug-likeness (QED) is 0.483. The highest BCUT2D eigenvalue weighted by molar-refractivity contribution is 5.99. The van der Waals surface area contributed by atoms with Gasteiger partial charge in [0.25, 0.3) is 5.69 Å². The molecule has 2 aromatic rings. The van der Waals surface area contributed by atoms with Gasteiger partial charge in [-0.1, -0.05) is 30.3 Å². The van der Waals surface area contributed by atoms with Gasteiger partial charge in [-0.2, -0.15) is 0 Å². The average Bonchev–Trinajstić information content (AvgIpc) is 2.41. The molecule has 0 unspecified atom stereocenters. The Morgan fingerprint density at radius 2 is 1.80 bits per heavy atom. The molecule has 2 aromatic carbocycles. The Bertz CT molecular complexity index is 677. The summed E-state index contributed by atoms with van der Waals surface area (Å²) in [5.41, 5.74) is 3.12. The highest BCUT2D eigenvalue weighted by atomic mass is 16.6. The Morgan fingerprint density at radius 3 is 2.45 bits per heavy atom. The van der Waals surface area contributed by atoms with E-state index in [4.69, 9.17) is 0 Å². The lowest BCUT2D eigenvalue weighted by Crippen LogP contribution is -2.07. The fourth-order valence-electron chi connectivity index (χ4n) is 2.10. The maximum atomic E-state index is 12.3. The van der Waals surface area contributed by atoms with Gasteiger partial charge in [-0.25, -0.2) is 0 Å². The van der Waals surface area contributed by atoms with Gasteiger partial charge >= 0.3 is 0 Å². The number of nitro groups is 1. The number of benzene rings is 2. The molecule has 0 aliphatic rings. The average molecular weight is 269 g/mol. The van der Waals surface area contributed by atoms with E-state index < -0.39 is 4.92 Å². The van der Waals surface area contributed by atoms with Crippen LogP contribution in [0.4, 0.5) is 5.69 Å². The lowest BCUT2D eigenvalue weighted by Gasteiger charge is -2.07. The van der Waals surface area contributed by atoms with Crippen LogP contribution in [0.15, 0.2) is 42.5 Å². The molecule has 0 radical (unpaired) electrons.